The van der Waals surface area contributed by atoms with Crippen LogP contribution >= 0.6 is 0 Å². The molecule has 3 aromatic carbocycles. The zero-order chi connectivity index (χ0) is 22.3. The molecule has 0 atom stereocenters. The Labute approximate surface area is 188 Å². The highest BCUT2D eigenvalue weighted by molar-refractivity contribution is 5.67. The van der Waals surface area contributed by atoms with Crippen LogP contribution in [0.4, 0.5) is 10.1 Å². The predicted molar refractivity (Wildman–Crippen MR) is 124 cm³/mol. The van der Waals surface area contributed by atoms with Crippen LogP contribution in [-0.2, 0) is 30.7 Å². The minimum atomic E-state index is -0.935. The van der Waals surface area contributed by atoms with Gasteiger partial charge in [-0.2, -0.15) is 0 Å². The summed E-state index contributed by atoms with van der Waals surface area (Å²) in [4.78, 5) is 13.1. The molecule has 4 rings (SSSR count). The van der Waals surface area contributed by atoms with Crippen molar-refractivity contribution in [1.82, 2.24) is 0 Å². The fraction of sp³-hybridized carbons (Fsp3) is 0.296. The van der Waals surface area contributed by atoms with Crippen LogP contribution in [0, 0.1) is 5.82 Å². The van der Waals surface area contributed by atoms with Gasteiger partial charge < -0.3 is 14.7 Å². The minimum absolute atomic E-state index is 0.0903. The number of aryl methyl sites for hydroxylation is 2. The Balaban J connectivity index is 1.40. The van der Waals surface area contributed by atoms with Crippen molar-refractivity contribution in [1.29, 1.82) is 0 Å². The van der Waals surface area contributed by atoms with Gasteiger partial charge in [-0.25, -0.2) is 4.39 Å². The Hall–Kier alpha value is -3.34. The molecule has 1 aliphatic heterocycles. The summed E-state index contributed by atoms with van der Waals surface area (Å²) in [6.07, 6.45) is 3.33. The lowest BCUT2D eigenvalue weighted by Crippen LogP contribution is -2.31. The summed E-state index contributed by atoms with van der Waals surface area (Å²) < 4.78 is 20.1. The number of benzene rings is 3. The molecule has 166 valence electrons. The van der Waals surface area contributed by atoms with Gasteiger partial charge in [0.15, 0.2) is 0 Å². The summed E-state index contributed by atoms with van der Waals surface area (Å²) in [7, 11) is 0. The van der Waals surface area contributed by atoms with E-state index in [0.717, 1.165) is 37.9 Å². The zero-order valence-electron chi connectivity index (χ0n) is 18.1. The van der Waals surface area contributed by atoms with Crippen molar-refractivity contribution in [3.05, 3.63) is 94.8 Å². The Morgan fingerprint density at radius 2 is 1.84 bits per heavy atom. The molecule has 0 radical (unpaired) electrons. The van der Waals surface area contributed by atoms with Crippen molar-refractivity contribution < 1.29 is 19.0 Å². The normalized spacial score (nSPS) is 13.0. The topological polar surface area (TPSA) is 49.8 Å². The van der Waals surface area contributed by atoms with Crippen LogP contribution in [0.15, 0.2) is 66.7 Å². The van der Waals surface area contributed by atoms with E-state index in [4.69, 9.17) is 9.84 Å². The van der Waals surface area contributed by atoms with Crippen molar-refractivity contribution in [2.45, 2.75) is 38.7 Å². The zero-order valence-corrected chi connectivity index (χ0v) is 18.1. The number of carbonyl (C=O) groups is 1. The Kier molecular flexibility index (Phi) is 7.05. The standard InChI is InChI=1S/C27H28FNO3/c28-25-18-24(12-10-22(25)11-13-27(30)31)32-19-21-8-9-23-7-4-15-29(26(23)17-21)16-14-20-5-2-1-3-6-20/h1-3,5-6,8-10,12,17-18H,4,7,11,13-16,19H2,(H,30,31). The van der Waals surface area contributed by atoms with Crippen LogP contribution < -0.4 is 9.64 Å². The number of hydrogen-bond acceptors (Lipinski definition) is 3. The maximum Gasteiger partial charge on any atom is 0.303 e. The van der Waals surface area contributed by atoms with Gasteiger partial charge in [0, 0.05) is 31.3 Å². The van der Waals surface area contributed by atoms with E-state index in [9.17, 15) is 9.18 Å². The Morgan fingerprint density at radius 1 is 1.00 bits per heavy atom. The number of nitrogens with zero attached hydrogens (tertiary/aromatic N) is 1. The molecule has 0 aromatic heterocycles. The molecule has 3 aromatic rings. The molecule has 0 amide bonds. The molecular weight excluding hydrogens is 405 g/mol. The lowest BCUT2D eigenvalue weighted by atomic mass is 9.99. The Morgan fingerprint density at radius 3 is 2.62 bits per heavy atom. The number of carboxylic acids is 1. The number of fused-ring (bicyclic) bond motifs is 1. The first-order valence-electron chi connectivity index (χ1n) is 11.1. The van der Waals surface area contributed by atoms with Gasteiger partial charge in [-0.15, -0.1) is 0 Å². The van der Waals surface area contributed by atoms with Crippen molar-refractivity contribution in [2.24, 2.45) is 0 Å². The quantitative estimate of drug-likeness (QED) is 0.490. The fourth-order valence-corrected chi connectivity index (χ4v) is 4.16. The first kappa shape index (κ1) is 21.9. The average Bonchev–Trinajstić information content (AvgIpc) is 2.81. The van der Waals surface area contributed by atoms with Gasteiger partial charge >= 0.3 is 5.97 Å². The second-order valence-corrected chi connectivity index (χ2v) is 8.22. The van der Waals surface area contributed by atoms with Crippen molar-refractivity contribution in [3.8, 4) is 5.75 Å². The van der Waals surface area contributed by atoms with Crippen LogP contribution in [0.5, 0.6) is 5.75 Å². The average molecular weight is 434 g/mol. The Bertz CT molecular complexity index is 1070. The summed E-state index contributed by atoms with van der Waals surface area (Å²) in [6.45, 7) is 2.38. The molecule has 1 heterocycles. The molecule has 0 saturated carbocycles. The summed E-state index contributed by atoms with van der Waals surface area (Å²) in [6, 6.07) is 21.6. The monoisotopic (exact) mass is 433 g/mol. The third-order valence-corrected chi connectivity index (χ3v) is 5.92. The molecule has 0 spiro atoms. The lowest BCUT2D eigenvalue weighted by Gasteiger charge is -2.32. The maximum absolute atomic E-state index is 14.2. The van der Waals surface area contributed by atoms with Crippen LogP contribution in [-0.4, -0.2) is 24.2 Å². The number of hydrogen-bond donors (Lipinski definition) is 1. The minimum Gasteiger partial charge on any atom is -0.489 e. The summed E-state index contributed by atoms with van der Waals surface area (Å²) >= 11 is 0. The van der Waals surface area contributed by atoms with Crippen LogP contribution in [0.1, 0.15) is 35.1 Å². The van der Waals surface area contributed by atoms with E-state index in [-0.39, 0.29) is 12.8 Å². The van der Waals surface area contributed by atoms with E-state index in [1.165, 1.54) is 22.9 Å². The molecule has 0 bridgehead atoms. The van der Waals surface area contributed by atoms with Gasteiger partial charge in [-0.1, -0.05) is 48.5 Å². The smallest absolute Gasteiger partial charge is 0.303 e. The lowest BCUT2D eigenvalue weighted by molar-refractivity contribution is -0.136. The third-order valence-electron chi connectivity index (χ3n) is 5.92. The van der Waals surface area contributed by atoms with Gasteiger partial charge in [0.25, 0.3) is 0 Å². The van der Waals surface area contributed by atoms with Gasteiger partial charge in [-0.3, -0.25) is 4.79 Å². The number of anilines is 1. The molecule has 4 nitrogen and oxygen atoms in total. The maximum atomic E-state index is 14.2. The highest BCUT2D eigenvalue weighted by atomic mass is 19.1. The van der Waals surface area contributed by atoms with E-state index >= 15 is 0 Å². The van der Waals surface area contributed by atoms with Gasteiger partial charge in [0.05, 0.1) is 0 Å². The number of aliphatic carboxylic acids is 1. The van der Waals surface area contributed by atoms with E-state index in [1.807, 2.05) is 6.07 Å². The molecule has 0 saturated heterocycles. The first-order valence-corrected chi connectivity index (χ1v) is 11.1. The molecule has 0 fully saturated rings. The van der Waals surface area contributed by atoms with E-state index in [2.05, 4.69) is 47.4 Å². The summed E-state index contributed by atoms with van der Waals surface area (Å²) in [5.74, 6) is -0.920. The number of rotatable bonds is 9. The number of carboxylic acid groups (broad SMARTS) is 1. The van der Waals surface area contributed by atoms with Crippen molar-refractivity contribution in [3.63, 3.8) is 0 Å². The molecule has 5 heteroatoms. The van der Waals surface area contributed by atoms with Crippen LogP contribution in [0.2, 0.25) is 0 Å². The highest BCUT2D eigenvalue weighted by Crippen LogP contribution is 2.29. The fourth-order valence-electron chi connectivity index (χ4n) is 4.16. The predicted octanol–water partition coefficient (Wildman–Crippen LogP) is 5.42. The van der Waals surface area contributed by atoms with Gasteiger partial charge in [-0.05, 0) is 60.1 Å². The van der Waals surface area contributed by atoms with Gasteiger partial charge in [0.2, 0.25) is 0 Å². The van der Waals surface area contributed by atoms with E-state index in [0.29, 0.717) is 17.9 Å². The molecular formula is C27H28FNO3. The van der Waals surface area contributed by atoms with E-state index < -0.39 is 11.8 Å². The van der Waals surface area contributed by atoms with Crippen molar-refractivity contribution >= 4 is 11.7 Å². The second kappa shape index (κ2) is 10.3. The number of ether oxygens (including phenoxy) is 1. The summed E-state index contributed by atoms with van der Waals surface area (Å²) in [5.41, 5.74) is 5.41. The highest BCUT2D eigenvalue weighted by Gasteiger charge is 2.17. The molecule has 32 heavy (non-hydrogen) atoms. The third kappa shape index (κ3) is 5.67. The molecule has 0 unspecified atom stereocenters. The van der Waals surface area contributed by atoms with E-state index in [1.54, 1.807) is 12.1 Å². The van der Waals surface area contributed by atoms with Crippen LogP contribution in [0.3, 0.4) is 0 Å². The second-order valence-electron chi connectivity index (χ2n) is 8.22. The molecule has 0 aliphatic carbocycles. The SMILES string of the molecule is O=C(O)CCc1ccc(OCc2ccc3c(c2)N(CCc2ccccc2)CCC3)cc1F. The first-order chi connectivity index (χ1) is 15.6. The van der Waals surface area contributed by atoms with Crippen molar-refractivity contribution in [2.75, 3.05) is 18.0 Å². The largest absolute Gasteiger partial charge is 0.489 e. The summed E-state index contributed by atoms with van der Waals surface area (Å²) in [5, 5.41) is 8.77. The molecule has 1 N–H and O–H groups in total. The van der Waals surface area contributed by atoms with Crippen LogP contribution in [0.25, 0.3) is 0 Å². The number of halogens is 1. The van der Waals surface area contributed by atoms with Gasteiger partial charge in [0.1, 0.15) is 18.2 Å². The molecule has 1 aliphatic rings.